The van der Waals surface area contributed by atoms with Crippen molar-refractivity contribution in [3.05, 3.63) is 57.8 Å². The summed E-state index contributed by atoms with van der Waals surface area (Å²) in [5, 5.41) is 0. The number of likely N-dealkylation sites (N-methyl/N-ethyl adjacent to an activating group) is 1. The number of piperidine rings is 1. The molecular weight excluding hydrogens is 370 g/mol. The van der Waals surface area contributed by atoms with Crippen LogP contribution in [0.4, 0.5) is 0 Å². The van der Waals surface area contributed by atoms with E-state index in [0.717, 1.165) is 25.1 Å². The second kappa shape index (κ2) is 8.05. The third kappa shape index (κ3) is 3.98. The molecule has 0 bridgehead atoms. The molecule has 2 atom stereocenters. The second-order valence-electron chi connectivity index (χ2n) is 7.89. The number of hydrogen-bond donors (Lipinski definition) is 0. The Kier molecular flexibility index (Phi) is 5.51. The maximum Gasteiger partial charge on any atom is 0.242 e. The quantitative estimate of drug-likeness (QED) is 0.797. The molecule has 0 radical (unpaired) electrons. The highest BCUT2D eigenvalue weighted by Crippen LogP contribution is 2.29. The maximum absolute atomic E-state index is 13.4. The molecule has 2 aliphatic heterocycles. The lowest BCUT2D eigenvalue weighted by atomic mass is 9.90. The maximum atomic E-state index is 13.4. The number of carbonyl (C=O) groups is 2. The molecule has 3 heterocycles. The molecule has 5 nitrogen and oxygen atoms in total. The Morgan fingerprint density at radius 2 is 1.86 bits per heavy atom. The van der Waals surface area contributed by atoms with E-state index in [2.05, 4.69) is 24.0 Å². The first kappa shape index (κ1) is 19.2. The molecule has 1 aromatic carbocycles. The molecule has 2 aliphatic rings. The summed E-state index contributed by atoms with van der Waals surface area (Å²) in [4.78, 5) is 34.7. The number of fused-ring (bicyclic) bond motifs is 1. The van der Waals surface area contributed by atoms with Crippen molar-refractivity contribution < 1.29 is 9.59 Å². The van der Waals surface area contributed by atoms with Crippen LogP contribution in [0.15, 0.2) is 42.5 Å². The summed E-state index contributed by atoms with van der Waals surface area (Å²) in [6, 6.07) is 14.3. The molecule has 6 heteroatoms. The van der Waals surface area contributed by atoms with Crippen molar-refractivity contribution in [2.45, 2.75) is 32.5 Å². The first-order chi connectivity index (χ1) is 13.5. The van der Waals surface area contributed by atoms with Gasteiger partial charge in [-0.1, -0.05) is 30.3 Å². The molecule has 1 aromatic heterocycles. The molecule has 0 aliphatic carbocycles. The Morgan fingerprint density at radius 3 is 2.57 bits per heavy atom. The fourth-order valence-electron chi connectivity index (χ4n) is 4.36. The molecule has 2 amide bonds. The molecule has 4 rings (SSSR count). The molecule has 2 fully saturated rings. The molecule has 2 aromatic rings. The zero-order valence-electron chi connectivity index (χ0n) is 16.5. The van der Waals surface area contributed by atoms with Crippen molar-refractivity contribution in [2.24, 2.45) is 5.92 Å². The van der Waals surface area contributed by atoms with Crippen LogP contribution in [0, 0.1) is 12.8 Å². The lowest BCUT2D eigenvalue weighted by Gasteiger charge is -2.40. The normalized spacial score (nSPS) is 23.6. The number of nitrogens with zero attached hydrogens (tertiary/aromatic N) is 3. The molecule has 0 spiro atoms. The summed E-state index contributed by atoms with van der Waals surface area (Å²) in [6.07, 6.45) is 0.849. The molecular formula is C22H27N3O2S. The Bertz CT molecular complexity index is 850. The number of likely N-dealkylation sites (tertiary alicyclic amines) is 1. The van der Waals surface area contributed by atoms with Crippen LogP contribution >= 0.6 is 11.3 Å². The van der Waals surface area contributed by atoms with Gasteiger partial charge in [0.15, 0.2) is 0 Å². The first-order valence-electron chi connectivity index (χ1n) is 9.87. The zero-order valence-corrected chi connectivity index (χ0v) is 17.3. The van der Waals surface area contributed by atoms with Crippen molar-refractivity contribution in [3.8, 4) is 0 Å². The summed E-state index contributed by atoms with van der Waals surface area (Å²) in [5.41, 5.74) is 1.06. The fraction of sp³-hybridized carbons (Fsp3) is 0.455. The minimum Gasteiger partial charge on any atom is -0.340 e. The molecule has 28 heavy (non-hydrogen) atoms. The van der Waals surface area contributed by atoms with Crippen LogP contribution in [0.3, 0.4) is 0 Å². The van der Waals surface area contributed by atoms with E-state index >= 15 is 0 Å². The Labute approximate surface area is 170 Å². The van der Waals surface area contributed by atoms with Gasteiger partial charge in [0.25, 0.3) is 0 Å². The van der Waals surface area contributed by atoms with Crippen molar-refractivity contribution in [3.63, 3.8) is 0 Å². The Balaban J connectivity index is 1.52. The third-order valence-electron chi connectivity index (χ3n) is 5.90. The second-order valence-corrected chi connectivity index (χ2v) is 9.27. The van der Waals surface area contributed by atoms with Crippen molar-refractivity contribution in [1.29, 1.82) is 0 Å². The molecule has 2 saturated heterocycles. The van der Waals surface area contributed by atoms with Crippen LogP contribution in [-0.4, -0.2) is 59.2 Å². The SMILES string of the molecule is Cc1ccc(CN2CC[C@@H]3[C@H](C2)C(=O)N(Cc2ccccc2)CC(=O)N3C)s1. The largest absolute Gasteiger partial charge is 0.340 e. The average Bonchev–Trinajstić information content (AvgIpc) is 3.08. The topological polar surface area (TPSA) is 43.9 Å². The highest BCUT2D eigenvalue weighted by molar-refractivity contribution is 7.11. The predicted octanol–water partition coefficient (Wildman–Crippen LogP) is 2.75. The average molecular weight is 398 g/mol. The van der Waals surface area contributed by atoms with Crippen LogP contribution in [0.25, 0.3) is 0 Å². The van der Waals surface area contributed by atoms with Gasteiger partial charge in [-0.05, 0) is 31.0 Å². The summed E-state index contributed by atoms with van der Waals surface area (Å²) in [5.74, 6) is -0.00676. The van der Waals surface area contributed by atoms with Gasteiger partial charge in [-0.2, -0.15) is 0 Å². The van der Waals surface area contributed by atoms with Crippen LogP contribution in [0.1, 0.15) is 21.7 Å². The number of benzene rings is 1. The van der Waals surface area contributed by atoms with E-state index in [1.165, 1.54) is 9.75 Å². The third-order valence-corrected chi connectivity index (χ3v) is 6.88. The van der Waals surface area contributed by atoms with Crippen molar-refractivity contribution in [1.82, 2.24) is 14.7 Å². The van der Waals surface area contributed by atoms with E-state index in [1.807, 2.05) is 53.6 Å². The van der Waals surface area contributed by atoms with Crippen LogP contribution in [0.5, 0.6) is 0 Å². The van der Waals surface area contributed by atoms with E-state index in [4.69, 9.17) is 0 Å². The number of amides is 2. The number of aryl methyl sites for hydroxylation is 1. The number of hydrogen-bond acceptors (Lipinski definition) is 4. The zero-order chi connectivity index (χ0) is 19.7. The van der Waals surface area contributed by atoms with Gasteiger partial charge in [-0.25, -0.2) is 0 Å². The van der Waals surface area contributed by atoms with Gasteiger partial charge in [-0.3, -0.25) is 14.5 Å². The van der Waals surface area contributed by atoms with Gasteiger partial charge < -0.3 is 9.80 Å². The van der Waals surface area contributed by atoms with Gasteiger partial charge in [0.2, 0.25) is 11.8 Å². The molecule has 0 N–H and O–H groups in total. The lowest BCUT2D eigenvalue weighted by molar-refractivity contribution is -0.138. The van der Waals surface area contributed by atoms with E-state index < -0.39 is 0 Å². The van der Waals surface area contributed by atoms with Gasteiger partial charge in [0.05, 0.1) is 5.92 Å². The number of rotatable bonds is 4. The van der Waals surface area contributed by atoms with Crippen molar-refractivity contribution >= 4 is 23.2 Å². The first-order valence-corrected chi connectivity index (χ1v) is 10.7. The molecule has 0 saturated carbocycles. The smallest absolute Gasteiger partial charge is 0.242 e. The van der Waals surface area contributed by atoms with E-state index in [9.17, 15) is 9.59 Å². The Morgan fingerprint density at radius 1 is 1.07 bits per heavy atom. The molecule has 0 unspecified atom stereocenters. The van der Waals surface area contributed by atoms with E-state index in [0.29, 0.717) is 13.1 Å². The minimum absolute atomic E-state index is 0.00194. The minimum atomic E-state index is -0.157. The number of thiophene rings is 1. The highest BCUT2D eigenvalue weighted by atomic mass is 32.1. The summed E-state index contributed by atoms with van der Waals surface area (Å²) >= 11 is 1.82. The monoisotopic (exact) mass is 397 g/mol. The summed E-state index contributed by atoms with van der Waals surface area (Å²) in [7, 11) is 1.86. The van der Waals surface area contributed by atoms with Crippen LogP contribution in [-0.2, 0) is 22.7 Å². The molecule has 148 valence electrons. The van der Waals surface area contributed by atoms with E-state index in [-0.39, 0.29) is 30.3 Å². The van der Waals surface area contributed by atoms with Gasteiger partial charge >= 0.3 is 0 Å². The van der Waals surface area contributed by atoms with E-state index in [1.54, 1.807) is 4.90 Å². The van der Waals surface area contributed by atoms with Gasteiger partial charge in [0, 0.05) is 49.0 Å². The Hall–Kier alpha value is -2.18. The lowest BCUT2D eigenvalue weighted by Crippen LogP contribution is -2.53. The van der Waals surface area contributed by atoms with Crippen LogP contribution < -0.4 is 0 Å². The van der Waals surface area contributed by atoms with Gasteiger partial charge in [0.1, 0.15) is 6.54 Å². The van der Waals surface area contributed by atoms with Crippen molar-refractivity contribution in [2.75, 3.05) is 26.7 Å². The van der Waals surface area contributed by atoms with Crippen LogP contribution in [0.2, 0.25) is 0 Å². The fourth-order valence-corrected chi connectivity index (χ4v) is 5.29. The standard InChI is InChI=1S/C22H27N3O2S/c1-16-8-9-18(28-16)13-24-11-10-20-19(14-24)22(27)25(15-21(26)23(20)2)12-17-6-4-3-5-7-17/h3-9,19-20H,10-15H2,1-2H3/t19-,20+/m0/s1. The highest BCUT2D eigenvalue weighted by Gasteiger charge is 2.43. The summed E-state index contributed by atoms with van der Waals surface area (Å²) < 4.78 is 0. The van der Waals surface area contributed by atoms with Gasteiger partial charge in [-0.15, -0.1) is 11.3 Å². The number of carbonyl (C=O) groups excluding carboxylic acids is 2. The predicted molar refractivity (Wildman–Crippen MR) is 111 cm³/mol. The summed E-state index contributed by atoms with van der Waals surface area (Å²) in [6.45, 7) is 5.29.